The summed E-state index contributed by atoms with van der Waals surface area (Å²) in [5.41, 5.74) is 4.21. The van der Waals surface area contributed by atoms with Crippen LogP contribution in [0.1, 0.15) is 15.9 Å². The number of rotatable bonds is 5. The number of hydrogen-bond donors (Lipinski definition) is 0. The van der Waals surface area contributed by atoms with E-state index < -0.39 is 5.97 Å². The van der Waals surface area contributed by atoms with Crippen LogP contribution in [0.2, 0.25) is 10.0 Å². The molecule has 0 saturated carbocycles. The quantitative estimate of drug-likeness (QED) is 0.144. The number of fused-ring (bicyclic) bond motifs is 1. The number of halogens is 2. The lowest BCUT2D eigenvalue weighted by Crippen LogP contribution is -2.08. The molecule has 0 atom stereocenters. The molecule has 0 aliphatic rings. The number of nitrogens with zero attached hydrogens (tertiary/aromatic N) is 2. The molecule has 0 spiro atoms. The van der Waals surface area contributed by atoms with Gasteiger partial charge in [-0.25, -0.2) is 9.78 Å². The molecule has 7 heteroatoms. The third kappa shape index (κ3) is 5.01. The number of ether oxygens (including phenoxy) is 1. The molecule has 1 heterocycles. The maximum Gasteiger partial charge on any atom is 0.343 e. The van der Waals surface area contributed by atoms with E-state index in [-0.39, 0.29) is 0 Å². The summed E-state index contributed by atoms with van der Waals surface area (Å²) in [5.74, 6) is 0.493. The van der Waals surface area contributed by atoms with Crippen molar-refractivity contribution >= 4 is 52.2 Å². The summed E-state index contributed by atoms with van der Waals surface area (Å²) in [7, 11) is 0. The van der Waals surface area contributed by atoms with Crippen molar-refractivity contribution in [2.24, 2.45) is 4.99 Å². The smallest absolute Gasteiger partial charge is 0.343 e. The third-order valence-electron chi connectivity index (χ3n) is 4.98. The molecule has 1 aromatic heterocycles. The molecule has 0 aliphatic heterocycles. The predicted molar refractivity (Wildman–Crippen MR) is 135 cm³/mol. The number of oxazole rings is 1. The molecule has 0 N–H and O–H groups in total. The number of carbonyl (C=O) groups is 1. The third-order valence-corrected chi connectivity index (χ3v) is 5.46. The van der Waals surface area contributed by atoms with E-state index in [1.54, 1.807) is 60.8 Å². The fourth-order valence-electron chi connectivity index (χ4n) is 3.27. The molecule has 166 valence electrons. The van der Waals surface area contributed by atoms with Gasteiger partial charge in [0.1, 0.15) is 11.3 Å². The Morgan fingerprint density at radius 2 is 1.65 bits per heavy atom. The van der Waals surface area contributed by atoms with E-state index in [1.165, 1.54) is 0 Å². The van der Waals surface area contributed by atoms with Gasteiger partial charge in [0.05, 0.1) is 11.3 Å². The first-order valence-corrected chi connectivity index (χ1v) is 11.1. The van der Waals surface area contributed by atoms with Crippen molar-refractivity contribution < 1.29 is 13.9 Å². The van der Waals surface area contributed by atoms with Gasteiger partial charge in [0, 0.05) is 21.8 Å². The van der Waals surface area contributed by atoms with Crippen molar-refractivity contribution in [3.63, 3.8) is 0 Å². The summed E-state index contributed by atoms with van der Waals surface area (Å²) < 4.78 is 11.2. The molecule has 5 aromatic rings. The van der Waals surface area contributed by atoms with Crippen LogP contribution in [0.5, 0.6) is 5.75 Å². The van der Waals surface area contributed by atoms with E-state index in [0.29, 0.717) is 38.3 Å². The topological polar surface area (TPSA) is 64.7 Å². The Morgan fingerprint density at radius 1 is 0.882 bits per heavy atom. The lowest BCUT2D eigenvalue weighted by Gasteiger charge is -2.04. The predicted octanol–water partition coefficient (Wildman–Crippen LogP) is 7.77. The maximum absolute atomic E-state index is 12.2. The summed E-state index contributed by atoms with van der Waals surface area (Å²) in [6.07, 6.45) is 1.73. The van der Waals surface area contributed by atoms with Crippen LogP contribution in [0.15, 0.2) is 100 Å². The van der Waals surface area contributed by atoms with Gasteiger partial charge in [-0.15, -0.1) is 0 Å². The molecule has 0 aliphatic carbocycles. The summed E-state index contributed by atoms with van der Waals surface area (Å²) in [6.45, 7) is 0. The zero-order valence-corrected chi connectivity index (χ0v) is 19.1. The Morgan fingerprint density at radius 3 is 2.44 bits per heavy atom. The minimum absolute atomic E-state index is 0.428. The molecule has 0 saturated heterocycles. The summed E-state index contributed by atoms with van der Waals surface area (Å²) in [5, 5.41) is 1.17. The van der Waals surface area contributed by atoms with Crippen molar-refractivity contribution in [2.75, 3.05) is 0 Å². The lowest BCUT2D eigenvalue weighted by atomic mass is 10.2. The van der Waals surface area contributed by atoms with Crippen LogP contribution < -0.4 is 4.74 Å². The van der Waals surface area contributed by atoms with Crippen LogP contribution in [-0.4, -0.2) is 17.2 Å². The molecule has 0 fully saturated rings. The Labute approximate surface area is 205 Å². The van der Waals surface area contributed by atoms with Gasteiger partial charge in [0.2, 0.25) is 5.89 Å². The second-order valence-electron chi connectivity index (χ2n) is 7.41. The highest BCUT2D eigenvalue weighted by molar-refractivity contribution is 6.31. The van der Waals surface area contributed by atoms with Crippen LogP contribution in [0.4, 0.5) is 5.69 Å². The second kappa shape index (κ2) is 9.51. The number of esters is 1. The zero-order chi connectivity index (χ0) is 23.5. The highest BCUT2D eigenvalue weighted by Gasteiger charge is 2.10. The van der Waals surface area contributed by atoms with Gasteiger partial charge in [-0.1, -0.05) is 29.3 Å². The number of benzene rings is 4. The van der Waals surface area contributed by atoms with Gasteiger partial charge in [-0.2, -0.15) is 0 Å². The van der Waals surface area contributed by atoms with Crippen molar-refractivity contribution in [1.82, 2.24) is 4.98 Å². The molecule has 0 unspecified atom stereocenters. The van der Waals surface area contributed by atoms with Crippen LogP contribution in [0, 0.1) is 0 Å². The van der Waals surface area contributed by atoms with Crippen LogP contribution >= 0.6 is 23.2 Å². The normalized spacial score (nSPS) is 11.2. The van der Waals surface area contributed by atoms with Crippen LogP contribution in [0.3, 0.4) is 0 Å². The highest BCUT2D eigenvalue weighted by atomic mass is 35.5. The SMILES string of the molecule is O=C(Oc1ccc(C=Nc2cccc(-c3nc4cc(Cl)ccc4o3)c2)cc1)c1ccc(Cl)cc1. The van der Waals surface area contributed by atoms with E-state index in [0.717, 1.165) is 16.8 Å². The molecule has 0 bridgehead atoms. The molecule has 0 radical (unpaired) electrons. The zero-order valence-electron chi connectivity index (χ0n) is 17.6. The van der Waals surface area contributed by atoms with E-state index in [2.05, 4.69) is 9.98 Å². The van der Waals surface area contributed by atoms with Gasteiger partial charge < -0.3 is 9.15 Å². The highest BCUT2D eigenvalue weighted by Crippen LogP contribution is 2.28. The molecule has 5 rings (SSSR count). The molecule has 4 aromatic carbocycles. The lowest BCUT2D eigenvalue weighted by molar-refractivity contribution is 0.0735. The van der Waals surface area contributed by atoms with Gasteiger partial charge in [-0.3, -0.25) is 4.99 Å². The van der Waals surface area contributed by atoms with Crippen LogP contribution in [0.25, 0.3) is 22.6 Å². The summed E-state index contributed by atoms with van der Waals surface area (Å²) >= 11 is 11.9. The second-order valence-corrected chi connectivity index (χ2v) is 8.28. The average molecular weight is 487 g/mol. The Bertz CT molecular complexity index is 1510. The van der Waals surface area contributed by atoms with Gasteiger partial charge in [0.25, 0.3) is 0 Å². The first-order chi connectivity index (χ1) is 16.5. The number of aliphatic imine (C=N–C) groups is 1. The van der Waals surface area contributed by atoms with E-state index in [1.807, 2.05) is 36.4 Å². The largest absolute Gasteiger partial charge is 0.436 e. The first kappa shape index (κ1) is 21.9. The Balaban J connectivity index is 1.28. The molecule has 34 heavy (non-hydrogen) atoms. The standard InChI is InChI=1S/C27H16Cl2N2O3/c28-20-8-6-18(7-9-20)27(32)33-23-11-4-17(5-12-23)16-30-22-3-1-2-19(14-22)26-31-24-15-21(29)10-13-25(24)34-26/h1-16H. The van der Waals surface area contributed by atoms with Crippen molar-refractivity contribution in [3.05, 3.63) is 112 Å². The fourth-order valence-corrected chi connectivity index (χ4v) is 3.56. The Kier molecular flexibility index (Phi) is 6.12. The molecule has 0 amide bonds. The van der Waals surface area contributed by atoms with Crippen molar-refractivity contribution in [3.8, 4) is 17.2 Å². The fraction of sp³-hybridized carbons (Fsp3) is 0. The Hall–Kier alpha value is -3.93. The van der Waals surface area contributed by atoms with Gasteiger partial charge in [-0.05, 0) is 90.5 Å². The minimum Gasteiger partial charge on any atom is -0.436 e. The van der Waals surface area contributed by atoms with E-state index in [4.69, 9.17) is 32.4 Å². The van der Waals surface area contributed by atoms with Crippen LogP contribution in [-0.2, 0) is 0 Å². The number of hydrogen-bond acceptors (Lipinski definition) is 5. The number of carbonyl (C=O) groups excluding carboxylic acids is 1. The van der Waals surface area contributed by atoms with Gasteiger partial charge in [0.15, 0.2) is 5.58 Å². The maximum atomic E-state index is 12.2. The van der Waals surface area contributed by atoms with E-state index >= 15 is 0 Å². The van der Waals surface area contributed by atoms with Crippen molar-refractivity contribution in [1.29, 1.82) is 0 Å². The molecule has 5 nitrogen and oxygen atoms in total. The van der Waals surface area contributed by atoms with E-state index in [9.17, 15) is 4.79 Å². The minimum atomic E-state index is -0.448. The van der Waals surface area contributed by atoms with Gasteiger partial charge >= 0.3 is 5.97 Å². The molecular weight excluding hydrogens is 471 g/mol. The summed E-state index contributed by atoms with van der Waals surface area (Å²) in [4.78, 5) is 21.3. The first-order valence-electron chi connectivity index (χ1n) is 10.3. The number of aromatic nitrogens is 1. The van der Waals surface area contributed by atoms with Crippen molar-refractivity contribution in [2.45, 2.75) is 0 Å². The molecular formula is C27H16Cl2N2O3. The summed E-state index contributed by atoms with van der Waals surface area (Å²) in [6, 6.07) is 26.5. The average Bonchev–Trinajstić information content (AvgIpc) is 3.27. The monoisotopic (exact) mass is 486 g/mol.